The number of carbonyl (C=O) groups excluding carboxylic acids is 4. The summed E-state index contributed by atoms with van der Waals surface area (Å²) in [5.41, 5.74) is 6.91. The van der Waals surface area contributed by atoms with Crippen LogP contribution in [0.25, 0.3) is 0 Å². The molecule has 0 atom stereocenters. The highest BCUT2D eigenvalue weighted by atomic mass is 16.6. The molecule has 0 spiro atoms. The number of carbonyl (C=O) groups is 5. The first-order chi connectivity index (χ1) is 13.3. The summed E-state index contributed by atoms with van der Waals surface area (Å²) in [4.78, 5) is 50.1. The second-order valence-electron chi connectivity index (χ2n) is 7.17. The summed E-state index contributed by atoms with van der Waals surface area (Å²) in [7, 11) is 0. The Labute approximate surface area is 214 Å². The molecule has 0 fully saturated rings. The van der Waals surface area contributed by atoms with Crippen LogP contribution < -0.4 is 33.4 Å². The number of hydrogen-bond acceptors (Lipinski definition) is 9. The van der Waals surface area contributed by atoms with Crippen molar-refractivity contribution in [3.63, 3.8) is 0 Å². The van der Waals surface area contributed by atoms with Crippen LogP contribution in [-0.4, -0.2) is 46.3 Å². The highest BCUT2D eigenvalue weighted by molar-refractivity contribution is 5.77. The number of nitrogens with two attached hydrogens (primary N) is 2. The molecule has 0 aliphatic rings. The summed E-state index contributed by atoms with van der Waals surface area (Å²) >= 11 is 0. The summed E-state index contributed by atoms with van der Waals surface area (Å²) in [6.07, 6.45) is -1.28. The minimum absolute atomic E-state index is 0. The normalized spacial score (nSPS) is 7.97. The topological polar surface area (TPSA) is 224 Å². The molecule has 0 rings (SSSR count). The van der Waals surface area contributed by atoms with Gasteiger partial charge in [-0.3, -0.25) is 30.7 Å². The molecule has 0 unspecified atom stereocenters. The van der Waals surface area contributed by atoms with E-state index in [1.54, 1.807) is 41.5 Å². The van der Waals surface area contributed by atoms with Crippen molar-refractivity contribution in [1.29, 1.82) is 0 Å². The molecule has 0 aliphatic carbocycles. The van der Waals surface area contributed by atoms with Gasteiger partial charge in [0.2, 0.25) is 11.8 Å². The maximum atomic E-state index is 10.8. The smallest absolute Gasteiger partial charge is 0.481 e. The average molecular weight is 522 g/mol. The Morgan fingerprint density at radius 3 is 1.03 bits per heavy atom. The van der Waals surface area contributed by atoms with Gasteiger partial charge in [-0.15, -0.1) is 0 Å². The molecule has 35 heavy (non-hydrogen) atoms. The lowest BCUT2D eigenvalue weighted by atomic mass is 10.2. The number of hydrogen-bond donors (Lipinski definition) is 7. The van der Waals surface area contributed by atoms with Crippen molar-refractivity contribution >= 4 is 30.0 Å². The van der Waals surface area contributed by atoms with Gasteiger partial charge in [0.1, 0.15) is 11.2 Å². The number of ether oxygens (including phenoxy) is 2. The van der Waals surface area contributed by atoms with E-state index in [-0.39, 0.29) is 50.4 Å². The second-order valence-corrected chi connectivity index (χ2v) is 7.17. The van der Waals surface area contributed by atoms with E-state index >= 15 is 0 Å². The first-order valence-corrected chi connectivity index (χ1v) is 8.39. The number of nitrogens with one attached hydrogen (secondary N) is 4. The molecule has 0 saturated heterocycles. The van der Waals surface area contributed by atoms with Crippen LogP contribution in [0.4, 0.5) is 9.59 Å². The Kier molecular flexibility index (Phi) is 51.2. The zero-order valence-electron chi connectivity index (χ0n) is 20.0. The van der Waals surface area contributed by atoms with Crippen LogP contribution >= 0.6 is 0 Å². The van der Waals surface area contributed by atoms with Crippen molar-refractivity contribution in [2.75, 3.05) is 0 Å². The molecule has 0 saturated carbocycles. The van der Waals surface area contributed by atoms with Gasteiger partial charge in [-0.1, -0.05) is 37.1 Å². The first-order valence-electron chi connectivity index (χ1n) is 8.39. The molecular formula is C21H57N6O8+. The lowest BCUT2D eigenvalue weighted by Gasteiger charge is -2.19. The molecule has 0 aromatic rings. The summed E-state index contributed by atoms with van der Waals surface area (Å²) < 4.78 is 9.54. The minimum atomic E-state index is -0.833. The summed E-state index contributed by atoms with van der Waals surface area (Å²) in [5, 5.41) is 7.42. The molecule has 14 heteroatoms. The summed E-state index contributed by atoms with van der Waals surface area (Å²) in [6, 6.07) is 0. The molecule has 9 N–H and O–H groups in total. The highest BCUT2D eigenvalue weighted by Crippen LogP contribution is 2.06. The number of amides is 4. The molecule has 0 aromatic heterocycles. The predicted octanol–water partition coefficient (Wildman–Crippen LogP) is 3.33. The molecule has 0 aliphatic heterocycles. The van der Waals surface area contributed by atoms with Gasteiger partial charge in [0, 0.05) is 20.8 Å². The van der Waals surface area contributed by atoms with E-state index in [0.717, 1.165) is 6.92 Å². The van der Waals surface area contributed by atoms with E-state index < -0.39 is 29.4 Å². The standard InChI is InChI=1S/C7H14N2O3.C5H12N2O2.C2H6N2O.C2H4O2.5CH4/c1-5(10)8-9-6(11)12-7(2,3)4;1-5(2,3)9-4(8)7-6;1-2(5)4-3;1-2(3)4;;;;;/h1-4H3,(H,8,10)(H,9,11);6H2,1-3H3,(H,7,8);3H2,1H3,(H,4,5);1H3,(H,3,4);5*1H4/p+1. The van der Waals surface area contributed by atoms with Crippen LogP contribution in [0.2, 0.25) is 0 Å². The Bertz CT molecular complexity index is 548. The summed E-state index contributed by atoms with van der Waals surface area (Å²) in [5.74, 6) is 7.93. The van der Waals surface area contributed by atoms with Gasteiger partial charge in [-0.2, -0.15) is 0 Å². The van der Waals surface area contributed by atoms with Crippen molar-refractivity contribution in [2.45, 2.75) is 111 Å². The third-order valence-corrected chi connectivity index (χ3v) is 1.46. The Morgan fingerprint density at radius 2 is 0.886 bits per heavy atom. The van der Waals surface area contributed by atoms with Crippen LogP contribution in [0.5, 0.6) is 0 Å². The fraction of sp³-hybridized carbons (Fsp3) is 0.762. The fourth-order valence-electron chi connectivity index (χ4n) is 0.750. The Hall–Kier alpha value is -3.13. The van der Waals surface area contributed by atoms with Gasteiger partial charge < -0.3 is 14.6 Å². The van der Waals surface area contributed by atoms with E-state index in [2.05, 4.69) is 16.7 Å². The fourth-order valence-corrected chi connectivity index (χ4v) is 0.750. The van der Waals surface area contributed by atoms with Crippen molar-refractivity contribution in [3.05, 3.63) is 0 Å². The van der Waals surface area contributed by atoms with Crippen LogP contribution in [0, 0.1) is 0 Å². The van der Waals surface area contributed by atoms with Gasteiger partial charge in [-0.25, -0.2) is 26.7 Å². The number of aliphatic carboxylic acids is 1. The SMILES string of the molecule is C.C.C.C.C.CC(=O)NN.CC(=O)NNC(=O)OC(C)(C)C.CC(=O)O.CC(C)(C)OC(=O)NN.[H+]. The van der Waals surface area contributed by atoms with Gasteiger partial charge >= 0.3 is 13.6 Å². The zero-order chi connectivity index (χ0) is 25.1. The Morgan fingerprint density at radius 1 is 0.629 bits per heavy atom. The van der Waals surface area contributed by atoms with E-state index in [0.29, 0.717) is 0 Å². The minimum Gasteiger partial charge on any atom is -0.481 e. The summed E-state index contributed by atoms with van der Waals surface area (Å²) in [6.45, 7) is 14.2. The maximum absolute atomic E-state index is 10.8. The first kappa shape index (κ1) is 58.1. The lowest BCUT2D eigenvalue weighted by Crippen LogP contribution is -2.43. The van der Waals surface area contributed by atoms with Gasteiger partial charge in [-0.05, 0) is 41.5 Å². The molecule has 218 valence electrons. The third kappa shape index (κ3) is 102. The van der Waals surface area contributed by atoms with Crippen molar-refractivity contribution in [3.8, 4) is 0 Å². The number of hydrazine groups is 3. The van der Waals surface area contributed by atoms with Crippen molar-refractivity contribution < 1.29 is 40.0 Å². The highest BCUT2D eigenvalue weighted by Gasteiger charge is 2.15. The van der Waals surface area contributed by atoms with Crippen LogP contribution in [0.1, 0.15) is 101 Å². The van der Waals surface area contributed by atoms with E-state index in [9.17, 15) is 19.2 Å². The third-order valence-electron chi connectivity index (χ3n) is 1.46. The molecule has 14 nitrogen and oxygen atoms in total. The van der Waals surface area contributed by atoms with Crippen LogP contribution in [-0.2, 0) is 23.9 Å². The molecule has 0 radical (unpaired) electrons. The number of carboxylic acid groups (broad SMARTS) is 1. The maximum Gasteiger partial charge on any atom is 1.00 e. The van der Waals surface area contributed by atoms with E-state index in [1.165, 1.54) is 13.8 Å². The van der Waals surface area contributed by atoms with Crippen LogP contribution in [0.15, 0.2) is 0 Å². The quantitative estimate of drug-likeness (QED) is 0.140. The van der Waals surface area contributed by atoms with Gasteiger partial charge in [0.05, 0.1) is 0 Å². The monoisotopic (exact) mass is 521 g/mol. The van der Waals surface area contributed by atoms with Gasteiger partial charge in [0.25, 0.3) is 5.97 Å². The van der Waals surface area contributed by atoms with E-state index in [4.69, 9.17) is 25.2 Å². The Balaban J connectivity index is -0.0000000318. The lowest BCUT2D eigenvalue weighted by molar-refractivity contribution is -0.134. The van der Waals surface area contributed by atoms with Gasteiger partial charge in [0.15, 0.2) is 0 Å². The molecule has 0 aromatic carbocycles. The molecule has 0 bridgehead atoms. The zero-order valence-corrected chi connectivity index (χ0v) is 19.0. The van der Waals surface area contributed by atoms with Crippen LogP contribution in [0.3, 0.4) is 0 Å². The largest absolute Gasteiger partial charge is 1.00 e. The van der Waals surface area contributed by atoms with Crippen molar-refractivity contribution in [2.24, 2.45) is 11.7 Å². The number of rotatable bonds is 0. The number of carboxylic acids is 1. The molecule has 4 amide bonds. The molecular weight excluding hydrogens is 464 g/mol. The van der Waals surface area contributed by atoms with Crippen molar-refractivity contribution in [1.82, 2.24) is 21.7 Å². The molecule has 0 heterocycles. The second kappa shape index (κ2) is 30.9. The van der Waals surface area contributed by atoms with E-state index in [1.807, 2.05) is 10.9 Å². The average Bonchev–Trinajstić information content (AvgIpc) is 2.50. The predicted molar refractivity (Wildman–Crippen MR) is 143 cm³/mol.